The highest BCUT2D eigenvalue weighted by Gasteiger charge is 2.20. The van der Waals surface area contributed by atoms with Crippen LogP contribution in [-0.2, 0) is 0 Å². The maximum absolute atomic E-state index is 5.27. The summed E-state index contributed by atoms with van der Waals surface area (Å²) >= 11 is 3.54. The Hall–Kier alpha value is -6.54. The summed E-state index contributed by atoms with van der Waals surface area (Å²) in [5.74, 6) is 1.88. The third-order valence-corrected chi connectivity index (χ3v) is 12.1. The van der Waals surface area contributed by atoms with Gasteiger partial charge in [-0.3, -0.25) is 4.57 Å². The standard InChI is InChI=1S/C46H27N5S2/c1-2-12-28(13-3-1)43-48-44(50-46(49-43)51-37-20-7-4-16-32(37)33-17-5-8-21-38(33)51)35-18-11-23-40-42(35)34-25-24-30(27-41(34)52-40)29-14-10-15-31(26-29)45-47-36-19-6-9-22-39(36)53-45/h1-27H. The highest BCUT2D eigenvalue weighted by Crippen LogP contribution is 2.42. The summed E-state index contributed by atoms with van der Waals surface area (Å²) in [6.07, 6.45) is 0. The van der Waals surface area contributed by atoms with Gasteiger partial charge in [0.05, 0.1) is 21.3 Å². The van der Waals surface area contributed by atoms with E-state index in [1.54, 1.807) is 22.7 Å². The molecule has 0 aliphatic rings. The third kappa shape index (κ3) is 4.97. The Labute approximate surface area is 312 Å². The maximum atomic E-state index is 5.27. The normalized spacial score (nSPS) is 11.8. The Morgan fingerprint density at radius 3 is 1.89 bits per heavy atom. The van der Waals surface area contributed by atoms with Gasteiger partial charge in [-0.25, -0.2) is 9.97 Å². The van der Waals surface area contributed by atoms with Crippen molar-refractivity contribution < 1.29 is 0 Å². The van der Waals surface area contributed by atoms with Gasteiger partial charge in [0.2, 0.25) is 5.95 Å². The second-order valence-electron chi connectivity index (χ2n) is 13.1. The van der Waals surface area contributed by atoms with Crippen LogP contribution >= 0.6 is 22.7 Å². The summed E-state index contributed by atoms with van der Waals surface area (Å²) in [5.41, 5.74) is 8.56. The molecule has 53 heavy (non-hydrogen) atoms. The van der Waals surface area contributed by atoms with Crippen molar-refractivity contribution in [3.63, 3.8) is 0 Å². The van der Waals surface area contributed by atoms with E-state index in [0.717, 1.165) is 43.6 Å². The van der Waals surface area contributed by atoms with E-state index in [0.29, 0.717) is 17.6 Å². The largest absolute Gasteiger partial charge is 0.278 e. The minimum Gasteiger partial charge on any atom is -0.278 e. The number of benzene rings is 7. The molecule has 11 aromatic rings. The predicted octanol–water partition coefficient (Wildman–Crippen LogP) is 12.6. The van der Waals surface area contributed by atoms with E-state index in [-0.39, 0.29) is 0 Å². The minimum absolute atomic E-state index is 0.595. The van der Waals surface area contributed by atoms with Crippen molar-refractivity contribution in [2.24, 2.45) is 0 Å². The van der Waals surface area contributed by atoms with Gasteiger partial charge >= 0.3 is 0 Å². The zero-order valence-corrected chi connectivity index (χ0v) is 29.8. The fraction of sp³-hybridized carbons (Fsp3) is 0. The molecule has 11 rings (SSSR count). The summed E-state index contributed by atoms with van der Waals surface area (Å²) in [6, 6.07) is 57.4. The van der Waals surface area contributed by atoms with Crippen LogP contribution in [0.1, 0.15) is 0 Å². The quantitative estimate of drug-likeness (QED) is 0.178. The van der Waals surface area contributed by atoms with Crippen molar-refractivity contribution in [2.45, 2.75) is 0 Å². The fourth-order valence-electron chi connectivity index (χ4n) is 7.46. The lowest BCUT2D eigenvalue weighted by molar-refractivity contribution is 0.954. The van der Waals surface area contributed by atoms with E-state index in [1.807, 2.05) is 24.3 Å². The first-order chi connectivity index (χ1) is 26.2. The molecule has 4 aromatic heterocycles. The molecule has 0 radical (unpaired) electrons. The smallest absolute Gasteiger partial charge is 0.238 e. The van der Waals surface area contributed by atoms with Crippen LogP contribution in [0, 0.1) is 0 Å². The number of rotatable bonds is 5. The topological polar surface area (TPSA) is 56.5 Å². The Balaban J connectivity index is 1.08. The Kier molecular flexibility index (Phi) is 6.83. The van der Waals surface area contributed by atoms with Crippen molar-refractivity contribution in [2.75, 3.05) is 0 Å². The van der Waals surface area contributed by atoms with Crippen LogP contribution in [0.3, 0.4) is 0 Å². The molecule has 0 amide bonds. The first kappa shape index (κ1) is 30.1. The molecular weight excluding hydrogens is 687 g/mol. The van der Waals surface area contributed by atoms with E-state index in [1.165, 1.54) is 41.4 Å². The van der Waals surface area contributed by atoms with E-state index in [9.17, 15) is 0 Å². The summed E-state index contributed by atoms with van der Waals surface area (Å²) in [5, 5.41) is 5.71. The molecule has 5 nitrogen and oxygen atoms in total. The van der Waals surface area contributed by atoms with Gasteiger partial charge in [-0.1, -0.05) is 121 Å². The lowest BCUT2D eigenvalue weighted by Gasteiger charge is -2.11. The molecule has 0 fully saturated rings. The van der Waals surface area contributed by atoms with E-state index in [4.69, 9.17) is 19.9 Å². The molecule has 0 aliphatic heterocycles. The molecule has 0 unspecified atom stereocenters. The zero-order valence-electron chi connectivity index (χ0n) is 28.1. The predicted molar refractivity (Wildman–Crippen MR) is 222 cm³/mol. The summed E-state index contributed by atoms with van der Waals surface area (Å²) in [7, 11) is 0. The van der Waals surface area contributed by atoms with Crippen LogP contribution in [0.5, 0.6) is 0 Å². The molecule has 0 saturated carbocycles. The minimum atomic E-state index is 0.595. The van der Waals surface area contributed by atoms with Crippen LogP contribution < -0.4 is 0 Å². The number of thiophene rings is 1. The lowest BCUT2D eigenvalue weighted by Crippen LogP contribution is -2.06. The zero-order chi connectivity index (χ0) is 34.9. The number of aromatic nitrogens is 5. The van der Waals surface area contributed by atoms with Gasteiger partial charge < -0.3 is 0 Å². The molecule has 0 saturated heterocycles. The molecule has 0 spiro atoms. The average Bonchev–Trinajstić information content (AvgIpc) is 3.93. The second-order valence-corrected chi connectivity index (χ2v) is 15.2. The highest BCUT2D eigenvalue weighted by molar-refractivity contribution is 7.26. The van der Waals surface area contributed by atoms with Crippen molar-refractivity contribution in [1.29, 1.82) is 0 Å². The van der Waals surface area contributed by atoms with Gasteiger partial charge in [0.15, 0.2) is 11.6 Å². The van der Waals surface area contributed by atoms with Crippen LogP contribution in [0.2, 0.25) is 0 Å². The Morgan fingerprint density at radius 1 is 0.396 bits per heavy atom. The third-order valence-electron chi connectivity index (χ3n) is 9.91. The van der Waals surface area contributed by atoms with Gasteiger partial charge in [0, 0.05) is 47.6 Å². The number of fused-ring (bicyclic) bond motifs is 7. The van der Waals surface area contributed by atoms with Gasteiger partial charge in [-0.2, -0.15) is 9.97 Å². The van der Waals surface area contributed by atoms with Gasteiger partial charge in [-0.05, 0) is 53.6 Å². The monoisotopic (exact) mass is 713 g/mol. The van der Waals surface area contributed by atoms with E-state index >= 15 is 0 Å². The fourth-order valence-corrected chi connectivity index (χ4v) is 9.59. The number of thiazole rings is 1. The second kappa shape index (κ2) is 12.0. The summed E-state index contributed by atoms with van der Waals surface area (Å²) in [4.78, 5) is 20.5. The van der Waals surface area contributed by atoms with Crippen molar-refractivity contribution in [3.05, 3.63) is 164 Å². The van der Waals surface area contributed by atoms with Crippen molar-refractivity contribution >= 4 is 74.9 Å². The van der Waals surface area contributed by atoms with Gasteiger partial charge in [0.1, 0.15) is 5.01 Å². The number of para-hydroxylation sites is 3. The van der Waals surface area contributed by atoms with Crippen molar-refractivity contribution in [1.82, 2.24) is 24.5 Å². The number of hydrogen-bond acceptors (Lipinski definition) is 6. The van der Waals surface area contributed by atoms with Crippen LogP contribution in [0.15, 0.2) is 164 Å². The van der Waals surface area contributed by atoms with E-state index in [2.05, 4.69) is 144 Å². The van der Waals surface area contributed by atoms with Crippen LogP contribution in [0.25, 0.3) is 103 Å². The van der Waals surface area contributed by atoms with Gasteiger partial charge in [-0.15, -0.1) is 22.7 Å². The van der Waals surface area contributed by atoms with E-state index < -0.39 is 0 Å². The molecular formula is C46H27N5S2. The summed E-state index contributed by atoms with van der Waals surface area (Å²) < 4.78 is 5.78. The molecule has 0 atom stereocenters. The molecule has 7 aromatic carbocycles. The number of nitrogens with zero attached hydrogens (tertiary/aromatic N) is 5. The lowest BCUT2D eigenvalue weighted by atomic mass is 10.0. The maximum Gasteiger partial charge on any atom is 0.238 e. The Morgan fingerprint density at radius 2 is 1.06 bits per heavy atom. The molecule has 7 heteroatoms. The van der Waals surface area contributed by atoms with Gasteiger partial charge in [0.25, 0.3) is 0 Å². The van der Waals surface area contributed by atoms with Crippen molar-refractivity contribution in [3.8, 4) is 50.4 Å². The molecule has 4 heterocycles. The molecule has 248 valence electrons. The van der Waals surface area contributed by atoms with Crippen LogP contribution in [-0.4, -0.2) is 24.5 Å². The summed E-state index contributed by atoms with van der Waals surface area (Å²) in [6.45, 7) is 0. The Bertz CT molecular complexity index is 3110. The number of hydrogen-bond donors (Lipinski definition) is 0. The molecule has 0 bridgehead atoms. The average molecular weight is 714 g/mol. The first-order valence-electron chi connectivity index (χ1n) is 17.5. The molecule has 0 N–H and O–H groups in total. The molecule has 0 aliphatic carbocycles. The highest BCUT2D eigenvalue weighted by atomic mass is 32.1. The SMILES string of the molecule is c1ccc(-c2nc(-c3cccc4sc5cc(-c6cccc(-c7nc8ccccc8s7)c6)ccc5c34)nc(-n3c4ccccc4c4ccccc43)n2)cc1. The van der Waals surface area contributed by atoms with Crippen LogP contribution in [0.4, 0.5) is 0 Å². The first-order valence-corrected chi connectivity index (χ1v) is 19.1.